The fourth-order valence-electron chi connectivity index (χ4n) is 2.76. The van der Waals surface area contributed by atoms with Crippen LogP contribution in [0.2, 0.25) is 0 Å². The van der Waals surface area contributed by atoms with Crippen molar-refractivity contribution in [1.29, 1.82) is 0 Å². The van der Waals surface area contributed by atoms with E-state index in [1.165, 1.54) is 0 Å². The maximum Gasteiger partial charge on any atom is 0.260 e. The minimum atomic E-state index is -0.559. The summed E-state index contributed by atoms with van der Waals surface area (Å²) in [5.41, 5.74) is 3.03. The van der Waals surface area contributed by atoms with E-state index in [1.54, 1.807) is 6.92 Å². The lowest BCUT2D eigenvalue weighted by Crippen LogP contribution is -2.37. The molecule has 1 amide bonds. The molecule has 25 heavy (non-hydrogen) atoms. The van der Waals surface area contributed by atoms with Gasteiger partial charge in [0.2, 0.25) is 0 Å². The summed E-state index contributed by atoms with van der Waals surface area (Å²) in [4.78, 5) is 12.2. The summed E-state index contributed by atoms with van der Waals surface area (Å²) in [6.07, 6.45) is 1.96. The van der Waals surface area contributed by atoms with E-state index in [2.05, 4.69) is 21.6 Å². The second kappa shape index (κ2) is 7.34. The molecule has 2 heterocycles. The Morgan fingerprint density at radius 2 is 1.96 bits per heavy atom. The van der Waals surface area contributed by atoms with Gasteiger partial charge in [0.15, 0.2) is 11.8 Å². The number of aromatic nitrogens is 3. The van der Waals surface area contributed by atoms with Crippen LogP contribution < -0.4 is 10.1 Å². The zero-order valence-electron chi connectivity index (χ0n) is 14.7. The van der Waals surface area contributed by atoms with E-state index >= 15 is 0 Å². The molecule has 0 bridgehead atoms. The van der Waals surface area contributed by atoms with Crippen molar-refractivity contribution in [1.82, 2.24) is 19.9 Å². The first kappa shape index (κ1) is 17.0. The fourth-order valence-corrected chi connectivity index (χ4v) is 2.76. The molecule has 0 saturated heterocycles. The number of amides is 1. The van der Waals surface area contributed by atoms with Gasteiger partial charge >= 0.3 is 0 Å². The van der Waals surface area contributed by atoms with Crippen LogP contribution in [-0.4, -0.2) is 33.2 Å². The number of hydrogen-bond donors (Lipinski definition) is 1. The van der Waals surface area contributed by atoms with Crippen LogP contribution >= 0.6 is 0 Å². The number of hydrogen-bond acceptors (Lipinski definition) is 4. The minimum absolute atomic E-state index is 0.145. The molecule has 1 aromatic carbocycles. The van der Waals surface area contributed by atoms with Gasteiger partial charge in [-0.25, -0.2) is 0 Å². The Labute approximate surface area is 146 Å². The Kier molecular flexibility index (Phi) is 4.97. The van der Waals surface area contributed by atoms with Crippen LogP contribution in [0.3, 0.4) is 0 Å². The second-order valence-electron chi connectivity index (χ2n) is 6.17. The zero-order chi connectivity index (χ0) is 17.8. The fraction of sp³-hybridized carbons (Fsp3) is 0.316. The third-order valence-corrected chi connectivity index (χ3v) is 3.91. The van der Waals surface area contributed by atoms with Crippen molar-refractivity contribution in [3.8, 4) is 5.75 Å². The summed E-state index contributed by atoms with van der Waals surface area (Å²) >= 11 is 0. The van der Waals surface area contributed by atoms with Crippen molar-refractivity contribution in [2.75, 3.05) is 6.54 Å². The van der Waals surface area contributed by atoms with E-state index in [0.717, 1.165) is 22.6 Å². The van der Waals surface area contributed by atoms with Crippen LogP contribution in [0.15, 0.2) is 42.6 Å². The molecule has 0 aliphatic rings. The molecule has 6 nitrogen and oxygen atoms in total. The van der Waals surface area contributed by atoms with Gasteiger partial charge in [0.05, 0.1) is 0 Å². The number of nitrogens with one attached hydrogen (secondary N) is 1. The maximum atomic E-state index is 12.2. The summed E-state index contributed by atoms with van der Waals surface area (Å²) < 4.78 is 7.67. The van der Waals surface area contributed by atoms with Gasteiger partial charge in [0, 0.05) is 19.2 Å². The first-order chi connectivity index (χ1) is 12.0. The Bertz CT molecular complexity index is 868. The number of ether oxygens (including phenoxy) is 1. The average Bonchev–Trinajstić information content (AvgIpc) is 2.97. The van der Waals surface area contributed by atoms with Crippen LogP contribution in [0.25, 0.3) is 5.65 Å². The van der Waals surface area contributed by atoms with E-state index < -0.39 is 6.10 Å². The number of aryl methyl sites for hydroxylation is 2. The van der Waals surface area contributed by atoms with E-state index in [0.29, 0.717) is 18.7 Å². The molecule has 0 aliphatic heterocycles. The summed E-state index contributed by atoms with van der Waals surface area (Å²) in [7, 11) is 0. The van der Waals surface area contributed by atoms with Gasteiger partial charge in [-0.1, -0.05) is 12.1 Å². The van der Waals surface area contributed by atoms with Gasteiger partial charge in [-0.2, -0.15) is 0 Å². The smallest absolute Gasteiger partial charge is 0.260 e. The van der Waals surface area contributed by atoms with Crippen LogP contribution in [0, 0.1) is 13.8 Å². The lowest BCUT2D eigenvalue weighted by atomic mass is 10.1. The van der Waals surface area contributed by atoms with E-state index in [1.807, 2.05) is 54.8 Å². The van der Waals surface area contributed by atoms with Crippen molar-refractivity contribution in [3.05, 3.63) is 59.5 Å². The topological polar surface area (TPSA) is 68.5 Å². The zero-order valence-corrected chi connectivity index (χ0v) is 14.7. The summed E-state index contributed by atoms with van der Waals surface area (Å²) in [6.45, 7) is 6.25. The first-order valence-corrected chi connectivity index (χ1v) is 8.34. The van der Waals surface area contributed by atoms with E-state index in [4.69, 9.17) is 4.74 Å². The van der Waals surface area contributed by atoms with E-state index in [-0.39, 0.29) is 5.91 Å². The van der Waals surface area contributed by atoms with Crippen molar-refractivity contribution in [3.63, 3.8) is 0 Å². The number of carbonyl (C=O) groups excluding carboxylic acids is 1. The number of nitrogens with zero attached hydrogens (tertiary/aromatic N) is 3. The van der Waals surface area contributed by atoms with Crippen molar-refractivity contribution < 1.29 is 9.53 Å². The standard InChI is InChI=1S/C19H22N4O2/c1-13-10-14(2)12-16(11-13)25-15(3)19(24)20-8-7-18-22-21-17-6-4-5-9-23(17)18/h4-6,9-12,15H,7-8H2,1-3H3,(H,20,24). The third kappa shape index (κ3) is 4.15. The van der Waals surface area contributed by atoms with Crippen LogP contribution in [-0.2, 0) is 11.2 Å². The molecule has 1 atom stereocenters. The van der Waals surface area contributed by atoms with Crippen molar-refractivity contribution in [2.24, 2.45) is 0 Å². The van der Waals surface area contributed by atoms with Crippen LogP contribution in [0.5, 0.6) is 5.75 Å². The Hall–Kier alpha value is -2.89. The summed E-state index contributed by atoms with van der Waals surface area (Å²) in [5, 5.41) is 11.1. The molecule has 1 N–H and O–H groups in total. The molecule has 0 spiro atoms. The van der Waals surface area contributed by atoms with Gasteiger partial charge in [0.25, 0.3) is 5.91 Å². The van der Waals surface area contributed by atoms with Gasteiger partial charge in [-0.3, -0.25) is 9.20 Å². The van der Waals surface area contributed by atoms with Crippen molar-refractivity contribution in [2.45, 2.75) is 33.3 Å². The quantitative estimate of drug-likeness (QED) is 0.750. The maximum absolute atomic E-state index is 12.2. The highest BCUT2D eigenvalue weighted by Gasteiger charge is 2.15. The Morgan fingerprint density at radius 1 is 1.20 bits per heavy atom. The average molecular weight is 338 g/mol. The number of pyridine rings is 1. The molecule has 3 rings (SSSR count). The SMILES string of the molecule is Cc1cc(C)cc(OC(C)C(=O)NCCc2nnc3ccccn23)c1. The highest BCUT2D eigenvalue weighted by atomic mass is 16.5. The number of carbonyl (C=O) groups is 1. The highest BCUT2D eigenvalue weighted by molar-refractivity contribution is 5.80. The predicted octanol–water partition coefficient (Wildman–Crippen LogP) is 2.47. The molecule has 3 aromatic rings. The van der Waals surface area contributed by atoms with Crippen LogP contribution in [0.1, 0.15) is 23.9 Å². The normalized spacial score (nSPS) is 12.1. The molecular weight excluding hydrogens is 316 g/mol. The Balaban J connectivity index is 1.53. The second-order valence-corrected chi connectivity index (χ2v) is 6.17. The number of rotatable bonds is 6. The first-order valence-electron chi connectivity index (χ1n) is 8.34. The molecule has 1 unspecified atom stereocenters. The van der Waals surface area contributed by atoms with Crippen molar-refractivity contribution >= 4 is 11.6 Å². The summed E-state index contributed by atoms with van der Waals surface area (Å²) in [6, 6.07) is 11.7. The lowest BCUT2D eigenvalue weighted by Gasteiger charge is -2.15. The number of fused-ring (bicyclic) bond motifs is 1. The van der Waals surface area contributed by atoms with Gasteiger partial charge < -0.3 is 10.1 Å². The third-order valence-electron chi connectivity index (χ3n) is 3.91. The minimum Gasteiger partial charge on any atom is -0.481 e. The van der Waals surface area contributed by atoms with Gasteiger partial charge in [-0.15, -0.1) is 10.2 Å². The van der Waals surface area contributed by atoms with Crippen LogP contribution in [0.4, 0.5) is 0 Å². The largest absolute Gasteiger partial charge is 0.481 e. The highest BCUT2D eigenvalue weighted by Crippen LogP contribution is 2.17. The molecule has 130 valence electrons. The molecule has 0 saturated carbocycles. The predicted molar refractivity (Wildman–Crippen MR) is 95.7 cm³/mol. The molecule has 2 aromatic heterocycles. The van der Waals surface area contributed by atoms with E-state index in [9.17, 15) is 4.79 Å². The lowest BCUT2D eigenvalue weighted by molar-refractivity contribution is -0.127. The molecule has 0 aliphatic carbocycles. The Morgan fingerprint density at radius 3 is 2.72 bits per heavy atom. The molecule has 0 radical (unpaired) electrons. The summed E-state index contributed by atoms with van der Waals surface area (Å²) in [5.74, 6) is 1.38. The molecular formula is C19H22N4O2. The molecule has 0 fully saturated rings. The van der Waals surface area contributed by atoms with Gasteiger partial charge in [-0.05, 0) is 56.2 Å². The van der Waals surface area contributed by atoms with Gasteiger partial charge in [0.1, 0.15) is 11.6 Å². The molecule has 6 heteroatoms. The number of benzene rings is 1. The monoisotopic (exact) mass is 338 g/mol.